The third kappa shape index (κ3) is 3.27. The molecule has 0 radical (unpaired) electrons. The van der Waals surface area contributed by atoms with Gasteiger partial charge in [0.25, 0.3) is 17.5 Å². The van der Waals surface area contributed by atoms with E-state index in [1.54, 1.807) is 0 Å². The summed E-state index contributed by atoms with van der Waals surface area (Å²) in [4.78, 5) is 46.8. The second-order valence-corrected chi connectivity index (χ2v) is 6.06. The third-order valence-electron chi connectivity index (χ3n) is 4.27. The molecule has 0 aromatic heterocycles. The number of benzene rings is 2. The summed E-state index contributed by atoms with van der Waals surface area (Å²) in [5, 5.41) is 22.1. The Balaban J connectivity index is 2.01. The van der Waals surface area contributed by atoms with E-state index in [4.69, 9.17) is 4.74 Å². The maximum absolute atomic E-state index is 12.7. The molecule has 1 heterocycles. The summed E-state index contributed by atoms with van der Waals surface area (Å²) in [6.07, 6.45) is 1.45. The number of carbonyl (C=O) groups is 2. The fourth-order valence-electron chi connectivity index (χ4n) is 2.87. The maximum Gasteiger partial charge on any atom is 0.318 e. The van der Waals surface area contributed by atoms with Crippen molar-refractivity contribution in [3.05, 3.63) is 67.8 Å². The average molecular weight is 385 g/mol. The summed E-state index contributed by atoms with van der Waals surface area (Å²) in [5.74, 6) is -1.27. The van der Waals surface area contributed by atoms with Crippen molar-refractivity contribution in [1.82, 2.24) is 4.90 Å². The Morgan fingerprint density at radius 2 is 1.75 bits per heavy atom. The van der Waals surface area contributed by atoms with Gasteiger partial charge in [-0.3, -0.25) is 34.7 Å². The molecule has 0 saturated heterocycles. The second-order valence-electron chi connectivity index (χ2n) is 6.06. The fourth-order valence-corrected chi connectivity index (χ4v) is 2.87. The van der Waals surface area contributed by atoms with Crippen molar-refractivity contribution in [3.63, 3.8) is 0 Å². The molecule has 0 N–H and O–H groups in total. The number of hydrogen-bond acceptors (Lipinski definition) is 7. The lowest BCUT2D eigenvalue weighted by Gasteiger charge is -2.13. The molecule has 3 rings (SSSR count). The number of nitro groups is 2. The van der Waals surface area contributed by atoms with Crippen LogP contribution < -0.4 is 4.74 Å². The van der Waals surface area contributed by atoms with Gasteiger partial charge in [-0.25, -0.2) is 0 Å². The molecule has 2 aromatic rings. The highest BCUT2D eigenvalue weighted by atomic mass is 16.6. The summed E-state index contributed by atoms with van der Waals surface area (Å²) in [7, 11) is 0. The molecular formula is C18H15N3O7. The number of hydrogen-bond donors (Lipinski definition) is 0. The predicted molar refractivity (Wildman–Crippen MR) is 96.5 cm³/mol. The van der Waals surface area contributed by atoms with E-state index in [0.717, 1.165) is 29.5 Å². The number of unbranched alkanes of at least 4 members (excludes halogenated alkanes) is 1. The van der Waals surface area contributed by atoms with Crippen LogP contribution in [0.15, 0.2) is 36.4 Å². The summed E-state index contributed by atoms with van der Waals surface area (Å²) in [5.41, 5.74) is -0.903. The summed E-state index contributed by atoms with van der Waals surface area (Å²) in [6.45, 7) is 2.19. The van der Waals surface area contributed by atoms with Gasteiger partial charge in [-0.2, -0.15) is 0 Å². The topological polar surface area (TPSA) is 133 Å². The lowest BCUT2D eigenvalue weighted by molar-refractivity contribution is -0.394. The smallest absolute Gasteiger partial charge is 0.318 e. The normalized spacial score (nSPS) is 12.8. The molecule has 0 spiro atoms. The first kappa shape index (κ1) is 19.0. The van der Waals surface area contributed by atoms with Crippen LogP contribution in [0, 0.1) is 20.2 Å². The van der Waals surface area contributed by atoms with Crippen molar-refractivity contribution in [2.75, 3.05) is 6.54 Å². The van der Waals surface area contributed by atoms with E-state index in [0.29, 0.717) is 6.42 Å². The van der Waals surface area contributed by atoms with Crippen molar-refractivity contribution in [1.29, 1.82) is 0 Å². The SMILES string of the molecule is CCCCN1C(=O)c2cccc(Oc3ccc([N+](=O)[O-])cc3[N+](=O)[O-])c2C1=O. The first-order chi connectivity index (χ1) is 13.3. The molecule has 2 amide bonds. The van der Waals surface area contributed by atoms with Gasteiger partial charge < -0.3 is 4.74 Å². The van der Waals surface area contributed by atoms with Gasteiger partial charge in [-0.05, 0) is 24.6 Å². The van der Waals surface area contributed by atoms with E-state index in [1.807, 2.05) is 6.92 Å². The number of carbonyl (C=O) groups excluding carboxylic acids is 2. The molecule has 0 fully saturated rings. The molecule has 1 aliphatic rings. The minimum Gasteiger partial charge on any atom is -0.449 e. The number of imide groups is 1. The number of nitro benzene ring substituents is 2. The van der Waals surface area contributed by atoms with E-state index >= 15 is 0 Å². The molecule has 0 bridgehead atoms. The van der Waals surface area contributed by atoms with Gasteiger partial charge in [0.1, 0.15) is 5.75 Å². The van der Waals surface area contributed by atoms with E-state index in [2.05, 4.69) is 0 Å². The first-order valence-electron chi connectivity index (χ1n) is 8.45. The van der Waals surface area contributed by atoms with Gasteiger partial charge in [0.05, 0.1) is 27.0 Å². The van der Waals surface area contributed by atoms with Crippen LogP contribution in [0.5, 0.6) is 11.5 Å². The minimum atomic E-state index is -0.813. The number of rotatable bonds is 7. The zero-order valence-corrected chi connectivity index (χ0v) is 14.8. The number of non-ortho nitro benzene ring substituents is 1. The number of amides is 2. The van der Waals surface area contributed by atoms with E-state index in [9.17, 15) is 29.8 Å². The highest BCUT2D eigenvalue weighted by Crippen LogP contribution is 2.38. The molecule has 0 aliphatic carbocycles. The fraction of sp³-hybridized carbons (Fsp3) is 0.222. The molecule has 2 aromatic carbocycles. The molecular weight excluding hydrogens is 370 g/mol. The second kappa shape index (κ2) is 7.43. The third-order valence-corrected chi connectivity index (χ3v) is 4.27. The zero-order chi connectivity index (χ0) is 20.4. The van der Waals surface area contributed by atoms with Crippen LogP contribution in [0.4, 0.5) is 11.4 Å². The monoisotopic (exact) mass is 385 g/mol. The molecule has 0 atom stereocenters. The van der Waals surface area contributed by atoms with Gasteiger partial charge in [0, 0.05) is 12.6 Å². The molecule has 1 aliphatic heterocycles. The van der Waals surface area contributed by atoms with Crippen LogP contribution in [-0.4, -0.2) is 33.1 Å². The van der Waals surface area contributed by atoms with Crippen molar-refractivity contribution >= 4 is 23.2 Å². The highest BCUT2D eigenvalue weighted by Gasteiger charge is 2.38. The Labute approximate surface area is 158 Å². The highest BCUT2D eigenvalue weighted by molar-refractivity contribution is 6.22. The molecule has 144 valence electrons. The maximum atomic E-state index is 12.7. The van der Waals surface area contributed by atoms with Gasteiger partial charge >= 0.3 is 5.69 Å². The quantitative estimate of drug-likeness (QED) is 0.403. The first-order valence-corrected chi connectivity index (χ1v) is 8.45. The zero-order valence-electron chi connectivity index (χ0n) is 14.8. The van der Waals surface area contributed by atoms with Crippen LogP contribution in [0.25, 0.3) is 0 Å². The van der Waals surface area contributed by atoms with Crippen LogP contribution in [0.1, 0.15) is 40.5 Å². The lowest BCUT2D eigenvalue weighted by Crippen LogP contribution is -2.30. The molecule has 0 saturated carbocycles. The largest absolute Gasteiger partial charge is 0.449 e. The summed E-state index contributed by atoms with van der Waals surface area (Å²) < 4.78 is 5.56. The van der Waals surface area contributed by atoms with Crippen LogP contribution in [0.2, 0.25) is 0 Å². The van der Waals surface area contributed by atoms with E-state index in [1.165, 1.54) is 18.2 Å². The van der Waals surface area contributed by atoms with Crippen molar-refractivity contribution < 1.29 is 24.2 Å². The number of fused-ring (bicyclic) bond motifs is 1. The summed E-state index contributed by atoms with van der Waals surface area (Å²) in [6, 6.07) is 7.33. The Hall–Kier alpha value is -3.82. The predicted octanol–water partition coefficient (Wildman–Crippen LogP) is 3.69. The van der Waals surface area contributed by atoms with Gasteiger partial charge in [0.2, 0.25) is 5.75 Å². The standard InChI is InChI=1S/C18H15N3O7/c1-2-3-9-19-17(22)12-5-4-6-15(16(12)18(19)23)28-14-8-7-11(20(24)25)10-13(14)21(26)27/h4-8,10H,2-3,9H2,1H3. The van der Waals surface area contributed by atoms with E-state index in [-0.39, 0.29) is 29.2 Å². The lowest BCUT2D eigenvalue weighted by atomic mass is 10.1. The molecule has 28 heavy (non-hydrogen) atoms. The number of ether oxygens (including phenoxy) is 1. The van der Waals surface area contributed by atoms with Crippen LogP contribution >= 0.6 is 0 Å². The Bertz CT molecular complexity index is 1000. The van der Waals surface area contributed by atoms with Gasteiger partial charge in [-0.1, -0.05) is 19.4 Å². The minimum absolute atomic E-state index is 0.0215. The molecule has 10 heteroatoms. The molecule has 0 unspecified atom stereocenters. The van der Waals surface area contributed by atoms with Gasteiger partial charge in [0.15, 0.2) is 0 Å². The Morgan fingerprint density at radius 1 is 1.00 bits per heavy atom. The average Bonchev–Trinajstić information content (AvgIpc) is 2.91. The summed E-state index contributed by atoms with van der Waals surface area (Å²) >= 11 is 0. The Kier molecular flexibility index (Phi) is 5.03. The van der Waals surface area contributed by atoms with Crippen LogP contribution in [-0.2, 0) is 0 Å². The molecule has 10 nitrogen and oxygen atoms in total. The number of nitrogens with zero attached hydrogens (tertiary/aromatic N) is 3. The van der Waals surface area contributed by atoms with Crippen LogP contribution in [0.3, 0.4) is 0 Å². The van der Waals surface area contributed by atoms with Crippen molar-refractivity contribution in [2.24, 2.45) is 0 Å². The Morgan fingerprint density at radius 3 is 2.39 bits per heavy atom. The van der Waals surface area contributed by atoms with Gasteiger partial charge in [-0.15, -0.1) is 0 Å². The van der Waals surface area contributed by atoms with E-state index < -0.39 is 33.0 Å². The van der Waals surface area contributed by atoms with Crippen molar-refractivity contribution in [2.45, 2.75) is 19.8 Å². The van der Waals surface area contributed by atoms with Crippen molar-refractivity contribution in [3.8, 4) is 11.5 Å².